The molecule has 3 amide bonds. The molecule has 1 aliphatic heterocycles. The van der Waals surface area contributed by atoms with Gasteiger partial charge < -0.3 is 16.0 Å². The highest BCUT2D eigenvalue weighted by atomic mass is 32.1. The fraction of sp³-hybridized carbons (Fsp3) is 0.409. The summed E-state index contributed by atoms with van der Waals surface area (Å²) >= 11 is 1.48. The van der Waals surface area contributed by atoms with Crippen molar-refractivity contribution in [2.75, 3.05) is 38.0 Å². The molecule has 30 heavy (non-hydrogen) atoms. The van der Waals surface area contributed by atoms with E-state index < -0.39 is 5.91 Å². The maximum absolute atomic E-state index is 12.6. The molecule has 2 aliphatic rings. The third kappa shape index (κ3) is 4.39. The molecule has 0 bridgehead atoms. The molecule has 2 heterocycles. The first-order valence-electron chi connectivity index (χ1n) is 10.3. The van der Waals surface area contributed by atoms with Gasteiger partial charge in [-0.05, 0) is 43.4 Å². The number of anilines is 1. The van der Waals surface area contributed by atoms with E-state index >= 15 is 0 Å². The highest BCUT2D eigenvalue weighted by Crippen LogP contribution is 2.37. The zero-order valence-electron chi connectivity index (χ0n) is 16.9. The van der Waals surface area contributed by atoms with E-state index in [1.165, 1.54) is 16.2 Å². The number of rotatable bonds is 5. The van der Waals surface area contributed by atoms with Gasteiger partial charge in [0.1, 0.15) is 5.00 Å². The van der Waals surface area contributed by atoms with Gasteiger partial charge in [-0.25, -0.2) is 0 Å². The molecule has 0 spiro atoms. The molecule has 8 heteroatoms. The van der Waals surface area contributed by atoms with Crippen LogP contribution in [0.15, 0.2) is 30.3 Å². The lowest BCUT2D eigenvalue weighted by Gasteiger charge is -2.34. The summed E-state index contributed by atoms with van der Waals surface area (Å²) in [7, 11) is 0. The minimum Gasteiger partial charge on any atom is -0.365 e. The minimum atomic E-state index is -0.474. The lowest BCUT2D eigenvalue weighted by Crippen LogP contribution is -2.50. The van der Waals surface area contributed by atoms with Gasteiger partial charge in [0, 0.05) is 36.6 Å². The zero-order chi connectivity index (χ0) is 21.1. The second kappa shape index (κ2) is 8.97. The molecule has 2 aromatic rings. The number of carbonyl (C=O) groups is 3. The van der Waals surface area contributed by atoms with Crippen LogP contribution >= 0.6 is 11.3 Å². The van der Waals surface area contributed by atoms with Gasteiger partial charge in [-0.2, -0.15) is 0 Å². The Hall–Kier alpha value is -2.71. The lowest BCUT2D eigenvalue weighted by molar-refractivity contribution is -0.117. The van der Waals surface area contributed by atoms with Gasteiger partial charge in [0.25, 0.3) is 11.8 Å². The average Bonchev–Trinajstić information content (AvgIpc) is 3.12. The van der Waals surface area contributed by atoms with Crippen LogP contribution in [0.1, 0.15) is 44.0 Å². The Labute approximate surface area is 179 Å². The Balaban J connectivity index is 1.33. The molecule has 0 unspecified atom stereocenters. The van der Waals surface area contributed by atoms with E-state index in [1.54, 1.807) is 0 Å². The quantitative estimate of drug-likeness (QED) is 0.766. The van der Waals surface area contributed by atoms with Crippen LogP contribution in [0.5, 0.6) is 0 Å². The second-order valence-corrected chi connectivity index (χ2v) is 8.87. The Kier molecular flexibility index (Phi) is 6.15. The number of benzene rings is 1. The van der Waals surface area contributed by atoms with Gasteiger partial charge in [0.2, 0.25) is 5.91 Å². The van der Waals surface area contributed by atoms with Crippen LogP contribution in [0.3, 0.4) is 0 Å². The zero-order valence-corrected chi connectivity index (χ0v) is 17.7. The maximum Gasteiger partial charge on any atom is 0.253 e. The van der Waals surface area contributed by atoms with E-state index in [9.17, 15) is 14.4 Å². The summed E-state index contributed by atoms with van der Waals surface area (Å²) in [4.78, 5) is 42.2. The molecular formula is C22H26N4O3S. The number of hydrogen-bond donors (Lipinski definition) is 2. The van der Waals surface area contributed by atoms with Crippen molar-refractivity contribution in [3.05, 3.63) is 51.9 Å². The Morgan fingerprint density at radius 2 is 1.70 bits per heavy atom. The van der Waals surface area contributed by atoms with Crippen LogP contribution < -0.4 is 11.1 Å². The standard InChI is InChI=1S/C22H26N4O3S/c23-20(28)19-16-8-4-5-9-17(16)30-21(19)24-18(27)14-25-10-12-26(13-11-25)22(29)15-6-2-1-3-7-15/h1-3,6-7H,4-5,8-14H2,(H2,23,28)(H,24,27). The Bertz CT molecular complexity index is 949. The third-order valence-electron chi connectivity index (χ3n) is 5.72. The van der Waals surface area contributed by atoms with Gasteiger partial charge in [-0.15, -0.1) is 11.3 Å². The van der Waals surface area contributed by atoms with Crippen molar-refractivity contribution in [3.63, 3.8) is 0 Å². The molecule has 1 saturated heterocycles. The van der Waals surface area contributed by atoms with Crippen molar-refractivity contribution in [3.8, 4) is 0 Å². The number of fused-ring (bicyclic) bond motifs is 1. The molecule has 158 valence electrons. The summed E-state index contributed by atoms with van der Waals surface area (Å²) < 4.78 is 0. The molecular weight excluding hydrogens is 400 g/mol. The number of hydrogen-bond acceptors (Lipinski definition) is 5. The van der Waals surface area contributed by atoms with E-state index in [0.29, 0.717) is 42.3 Å². The summed E-state index contributed by atoms with van der Waals surface area (Å²) in [5, 5.41) is 3.49. The van der Waals surface area contributed by atoms with Crippen molar-refractivity contribution in [1.82, 2.24) is 9.80 Å². The van der Waals surface area contributed by atoms with Gasteiger partial charge in [0.05, 0.1) is 12.1 Å². The lowest BCUT2D eigenvalue weighted by atomic mass is 9.95. The van der Waals surface area contributed by atoms with Gasteiger partial charge in [0.15, 0.2) is 0 Å². The first kappa shape index (κ1) is 20.6. The van der Waals surface area contributed by atoms with E-state index in [4.69, 9.17) is 5.73 Å². The molecule has 0 saturated carbocycles. The predicted octanol–water partition coefficient (Wildman–Crippen LogP) is 2.12. The van der Waals surface area contributed by atoms with E-state index in [2.05, 4.69) is 5.32 Å². The number of aryl methyl sites for hydroxylation is 1. The normalized spacial score (nSPS) is 16.7. The average molecular weight is 427 g/mol. The van der Waals surface area contributed by atoms with Gasteiger partial charge in [-0.1, -0.05) is 18.2 Å². The van der Waals surface area contributed by atoms with Crippen molar-refractivity contribution < 1.29 is 14.4 Å². The van der Waals surface area contributed by atoms with Crippen LogP contribution in [0, 0.1) is 0 Å². The maximum atomic E-state index is 12.6. The number of amides is 3. The number of nitrogens with zero attached hydrogens (tertiary/aromatic N) is 2. The van der Waals surface area contributed by atoms with E-state index in [1.807, 2.05) is 40.1 Å². The molecule has 1 aromatic carbocycles. The first-order valence-corrected chi connectivity index (χ1v) is 11.2. The molecule has 1 aromatic heterocycles. The fourth-order valence-electron chi connectivity index (χ4n) is 4.16. The molecule has 7 nitrogen and oxygen atoms in total. The van der Waals surface area contributed by atoms with E-state index in [0.717, 1.165) is 31.2 Å². The SMILES string of the molecule is NC(=O)c1c(NC(=O)CN2CCN(C(=O)c3ccccc3)CC2)sc2c1CCCC2. The number of carbonyl (C=O) groups excluding carboxylic acids is 3. The number of nitrogens with two attached hydrogens (primary N) is 1. The summed E-state index contributed by atoms with van der Waals surface area (Å²) in [6, 6.07) is 9.24. The largest absolute Gasteiger partial charge is 0.365 e. The molecule has 4 rings (SSSR count). The van der Waals surface area contributed by atoms with E-state index in [-0.39, 0.29) is 18.4 Å². The molecule has 1 fully saturated rings. The van der Waals surface area contributed by atoms with Crippen molar-refractivity contribution in [2.24, 2.45) is 5.73 Å². The topological polar surface area (TPSA) is 95.7 Å². The number of nitrogens with one attached hydrogen (secondary N) is 1. The third-order valence-corrected chi connectivity index (χ3v) is 6.93. The molecule has 1 aliphatic carbocycles. The highest BCUT2D eigenvalue weighted by molar-refractivity contribution is 7.17. The smallest absolute Gasteiger partial charge is 0.253 e. The summed E-state index contributed by atoms with van der Waals surface area (Å²) in [6.07, 6.45) is 3.93. The van der Waals surface area contributed by atoms with Crippen LogP contribution in [0.4, 0.5) is 5.00 Å². The monoisotopic (exact) mass is 426 g/mol. The Morgan fingerprint density at radius 3 is 2.40 bits per heavy atom. The van der Waals surface area contributed by atoms with Crippen molar-refractivity contribution >= 4 is 34.1 Å². The second-order valence-electron chi connectivity index (χ2n) is 7.76. The number of thiophene rings is 1. The van der Waals surface area contributed by atoms with Crippen LogP contribution in [0.25, 0.3) is 0 Å². The van der Waals surface area contributed by atoms with Crippen LogP contribution in [0.2, 0.25) is 0 Å². The molecule has 0 radical (unpaired) electrons. The minimum absolute atomic E-state index is 0.0231. The van der Waals surface area contributed by atoms with Crippen molar-refractivity contribution in [1.29, 1.82) is 0 Å². The number of primary amides is 1. The first-order chi connectivity index (χ1) is 14.5. The number of piperazine rings is 1. The van der Waals surface area contributed by atoms with Gasteiger partial charge in [-0.3, -0.25) is 19.3 Å². The highest BCUT2D eigenvalue weighted by Gasteiger charge is 2.27. The van der Waals surface area contributed by atoms with Gasteiger partial charge >= 0.3 is 0 Å². The van der Waals surface area contributed by atoms with Crippen molar-refractivity contribution in [2.45, 2.75) is 25.7 Å². The molecule has 3 N–H and O–H groups in total. The van der Waals surface area contributed by atoms with Crippen LogP contribution in [-0.2, 0) is 17.6 Å². The molecule has 0 atom stereocenters. The van der Waals surface area contributed by atoms with Crippen LogP contribution in [-0.4, -0.2) is 60.2 Å². The fourth-order valence-corrected chi connectivity index (χ4v) is 5.47. The summed E-state index contributed by atoms with van der Waals surface area (Å²) in [6.45, 7) is 2.67. The summed E-state index contributed by atoms with van der Waals surface area (Å²) in [5.74, 6) is -0.605. The summed E-state index contributed by atoms with van der Waals surface area (Å²) in [5.41, 5.74) is 7.79. The Morgan fingerprint density at radius 1 is 1.00 bits per heavy atom. The predicted molar refractivity (Wildman–Crippen MR) is 117 cm³/mol.